The average molecular weight is 696 g/mol. The van der Waals surface area contributed by atoms with Crippen molar-refractivity contribution in [3.8, 4) is 16.9 Å². The third-order valence-electron chi connectivity index (χ3n) is 12.0. The number of nitrogens with one attached hydrogen (secondary N) is 2. The van der Waals surface area contributed by atoms with Gasteiger partial charge < -0.3 is 20.3 Å². The summed E-state index contributed by atoms with van der Waals surface area (Å²) < 4.78 is 5.98. The lowest BCUT2D eigenvalue weighted by atomic mass is 9.45. The number of likely N-dealkylation sites (tertiary alicyclic amines) is 1. The maximum absolute atomic E-state index is 13.7. The Hall–Kier alpha value is -4.28. The van der Waals surface area contributed by atoms with Crippen LogP contribution in [0.1, 0.15) is 67.9 Å². The number of nitrogens with zero attached hydrogens (tertiary/aromatic N) is 3. The summed E-state index contributed by atoms with van der Waals surface area (Å²) in [5.74, 6) is 2.09. The number of rotatable bonds is 13. The fraction of sp³-hybridized carbons (Fsp3) is 0.512. The Morgan fingerprint density at radius 3 is 2.51 bits per heavy atom. The molecule has 0 unspecified atom stereocenters. The zero-order valence-electron chi connectivity index (χ0n) is 30.9. The molecule has 0 radical (unpaired) electrons. The second-order valence-corrected chi connectivity index (χ2v) is 15.8. The van der Waals surface area contributed by atoms with Crippen LogP contribution in [0.3, 0.4) is 0 Å². The maximum atomic E-state index is 13.7. The van der Waals surface area contributed by atoms with Crippen LogP contribution in [0.4, 0.5) is 5.69 Å². The molecule has 2 N–H and O–H groups in total. The van der Waals surface area contributed by atoms with E-state index < -0.39 is 4.92 Å². The summed E-state index contributed by atoms with van der Waals surface area (Å²) in [7, 11) is 5.49. The molecular weight excluding hydrogens is 642 g/mol. The Morgan fingerprint density at radius 2 is 1.84 bits per heavy atom. The van der Waals surface area contributed by atoms with Gasteiger partial charge in [0, 0.05) is 54.0 Å². The minimum Gasteiger partial charge on any atom is -0.496 e. The first-order valence-electron chi connectivity index (χ1n) is 18.3. The molecule has 10 nitrogen and oxygen atoms in total. The quantitative estimate of drug-likeness (QED) is 0.159. The van der Waals surface area contributed by atoms with Crippen LogP contribution >= 0.6 is 0 Å². The van der Waals surface area contributed by atoms with E-state index in [9.17, 15) is 19.7 Å². The van der Waals surface area contributed by atoms with Crippen LogP contribution in [0.5, 0.6) is 5.75 Å². The lowest BCUT2D eigenvalue weighted by molar-refractivity contribution is -0.384. The van der Waals surface area contributed by atoms with Crippen LogP contribution < -0.4 is 15.4 Å². The van der Waals surface area contributed by atoms with Crippen LogP contribution in [-0.4, -0.2) is 79.0 Å². The van der Waals surface area contributed by atoms with Crippen molar-refractivity contribution in [2.75, 3.05) is 34.3 Å². The van der Waals surface area contributed by atoms with Gasteiger partial charge in [-0.3, -0.25) is 24.6 Å². The van der Waals surface area contributed by atoms with Gasteiger partial charge in [-0.05, 0) is 93.1 Å². The predicted octanol–water partition coefficient (Wildman–Crippen LogP) is 6.32. The Labute approximate surface area is 302 Å². The number of hydrogen-bond acceptors (Lipinski definition) is 7. The molecule has 3 saturated carbocycles. The smallest absolute Gasteiger partial charge is 0.270 e. The molecule has 1 saturated heterocycles. The van der Waals surface area contributed by atoms with E-state index in [-0.39, 0.29) is 41.2 Å². The summed E-state index contributed by atoms with van der Waals surface area (Å²) in [6.07, 6.45) is 4.67. The highest BCUT2D eigenvalue weighted by molar-refractivity contribution is 5.97. The van der Waals surface area contributed by atoms with Crippen molar-refractivity contribution in [1.29, 1.82) is 0 Å². The van der Waals surface area contributed by atoms with Gasteiger partial charge in [-0.1, -0.05) is 69.3 Å². The molecule has 3 aromatic carbocycles. The highest BCUT2D eigenvalue weighted by atomic mass is 16.6. The number of non-ortho nitro benzene ring substituents is 1. The zero-order chi connectivity index (χ0) is 36.4. The summed E-state index contributed by atoms with van der Waals surface area (Å²) in [5.41, 5.74) is 3.54. The fourth-order valence-electron chi connectivity index (χ4n) is 9.10. The first-order chi connectivity index (χ1) is 24.3. The number of hydrogen-bond donors (Lipinski definition) is 2. The van der Waals surface area contributed by atoms with Gasteiger partial charge in [0.15, 0.2) is 0 Å². The minimum atomic E-state index is -0.469. The molecule has 4 aliphatic rings. The molecule has 1 heterocycles. The SMILES string of the molecule is COc1c(CN2CCC[C@H]2C(=O)N[C@H]2C[C@@H]3C[C@H]([C@@H]2C)C3(C)C)cccc1-c1cc(C(=O)N[C@@H](Cc2ccccc2)CN(C)C)cc([N+](=O)[O-])c1. The third-order valence-corrected chi connectivity index (χ3v) is 12.0. The average Bonchev–Trinajstić information content (AvgIpc) is 3.57. The van der Waals surface area contributed by atoms with E-state index in [4.69, 9.17) is 4.74 Å². The number of likely N-dealkylation sites (N-methyl/N-ethyl adjacent to an activating group) is 1. The zero-order valence-corrected chi connectivity index (χ0v) is 30.9. The van der Waals surface area contributed by atoms with E-state index in [1.807, 2.05) is 67.5 Å². The molecule has 3 aromatic rings. The van der Waals surface area contributed by atoms with E-state index in [1.54, 1.807) is 13.2 Å². The first-order valence-corrected chi connectivity index (χ1v) is 18.3. The molecule has 0 spiro atoms. The van der Waals surface area contributed by atoms with Crippen molar-refractivity contribution in [3.05, 3.63) is 93.5 Å². The Balaban J connectivity index is 1.21. The van der Waals surface area contributed by atoms with E-state index in [0.29, 0.717) is 59.6 Å². The molecule has 6 atom stereocenters. The van der Waals surface area contributed by atoms with Gasteiger partial charge in [0.1, 0.15) is 5.75 Å². The van der Waals surface area contributed by atoms with Gasteiger partial charge >= 0.3 is 0 Å². The summed E-state index contributed by atoms with van der Waals surface area (Å²) >= 11 is 0. The summed E-state index contributed by atoms with van der Waals surface area (Å²) in [6, 6.07) is 20.0. The molecule has 4 fully saturated rings. The maximum Gasteiger partial charge on any atom is 0.270 e. The van der Waals surface area contributed by atoms with Crippen LogP contribution in [0, 0.1) is 33.3 Å². The number of methoxy groups -OCH3 is 1. The number of benzene rings is 3. The summed E-state index contributed by atoms with van der Waals surface area (Å²) in [5, 5.41) is 18.7. The molecule has 2 bridgehead atoms. The number of carbonyl (C=O) groups is 2. The van der Waals surface area contributed by atoms with Crippen molar-refractivity contribution < 1.29 is 19.2 Å². The van der Waals surface area contributed by atoms with Gasteiger partial charge in [0.25, 0.3) is 11.6 Å². The predicted molar refractivity (Wildman–Crippen MR) is 200 cm³/mol. The van der Waals surface area contributed by atoms with Crippen molar-refractivity contribution >= 4 is 17.5 Å². The number of ether oxygens (including phenoxy) is 1. The molecule has 1 aliphatic heterocycles. The molecule has 272 valence electrons. The van der Waals surface area contributed by atoms with Crippen molar-refractivity contribution in [2.45, 2.75) is 77.5 Å². The Morgan fingerprint density at radius 1 is 1.08 bits per heavy atom. The fourth-order valence-corrected chi connectivity index (χ4v) is 9.10. The van der Waals surface area contributed by atoms with Gasteiger partial charge in [0.2, 0.25) is 5.91 Å². The van der Waals surface area contributed by atoms with Gasteiger partial charge in [-0.25, -0.2) is 0 Å². The van der Waals surface area contributed by atoms with Crippen LogP contribution in [0.25, 0.3) is 11.1 Å². The number of nitro groups is 1. The Bertz CT molecular complexity index is 1740. The second kappa shape index (κ2) is 15.1. The second-order valence-electron chi connectivity index (χ2n) is 15.8. The van der Waals surface area contributed by atoms with E-state index in [1.165, 1.54) is 18.6 Å². The summed E-state index contributed by atoms with van der Waals surface area (Å²) in [6.45, 7) is 8.94. The van der Waals surface area contributed by atoms with Crippen molar-refractivity contribution in [1.82, 2.24) is 20.4 Å². The topological polar surface area (TPSA) is 117 Å². The van der Waals surface area contributed by atoms with Gasteiger partial charge in [-0.2, -0.15) is 0 Å². The van der Waals surface area contributed by atoms with Crippen LogP contribution in [0.2, 0.25) is 0 Å². The monoisotopic (exact) mass is 695 g/mol. The minimum absolute atomic E-state index is 0.104. The first kappa shape index (κ1) is 36.5. The van der Waals surface area contributed by atoms with Crippen molar-refractivity contribution in [2.24, 2.45) is 23.2 Å². The normalized spacial score (nSPS) is 24.4. The molecular formula is C41H53N5O5. The number of fused-ring (bicyclic) bond motifs is 2. The largest absolute Gasteiger partial charge is 0.496 e. The highest BCUT2D eigenvalue weighted by Gasteiger charge is 2.56. The number of amides is 2. The van der Waals surface area contributed by atoms with Crippen molar-refractivity contribution in [3.63, 3.8) is 0 Å². The highest BCUT2D eigenvalue weighted by Crippen LogP contribution is 2.61. The van der Waals surface area contributed by atoms with Gasteiger partial charge in [0.05, 0.1) is 18.1 Å². The molecule has 7 rings (SSSR count). The Kier molecular flexibility index (Phi) is 10.8. The van der Waals surface area contributed by atoms with Crippen LogP contribution in [-0.2, 0) is 17.8 Å². The third kappa shape index (κ3) is 7.82. The number of carbonyl (C=O) groups excluding carboxylic acids is 2. The number of nitro benzene ring substituents is 1. The standard InChI is InChI=1S/C41H53N5O5/c1-26-35-22-31(41(35,2)3)23-36(26)43-40(48)37-16-11-17-45(37)24-28-14-10-15-34(38(28)51-6)29-19-30(21-33(20-29)46(49)50)39(47)42-32(25-44(4)5)18-27-12-8-7-9-13-27/h7-10,12-15,19-21,26,31-32,35-37H,11,16-18,22-25H2,1-6H3,(H,42,47)(H,43,48)/t26-,31-,32-,35+,36-,37-/m0/s1. The van der Waals surface area contributed by atoms with E-state index >= 15 is 0 Å². The molecule has 2 amide bonds. The molecule has 0 aromatic heterocycles. The molecule has 10 heteroatoms. The van der Waals surface area contributed by atoms with E-state index in [0.717, 1.165) is 36.9 Å². The lowest BCUT2D eigenvalue weighted by Crippen LogP contribution is -2.61. The van der Waals surface area contributed by atoms with Crippen LogP contribution in [0.15, 0.2) is 66.7 Å². The molecule has 3 aliphatic carbocycles. The summed E-state index contributed by atoms with van der Waals surface area (Å²) in [4.78, 5) is 43.4. The van der Waals surface area contributed by atoms with Gasteiger partial charge in [-0.15, -0.1) is 0 Å². The molecule has 51 heavy (non-hydrogen) atoms. The lowest BCUT2D eigenvalue weighted by Gasteiger charge is -2.62. The van der Waals surface area contributed by atoms with E-state index in [2.05, 4.69) is 36.3 Å². The number of para-hydroxylation sites is 1.